The SMILES string of the molecule is CC[C@@H](C(=O)NC)N(CCc1ccccc1)C(=O)CN(c1ccccc1OC)S(=O)(=O)c1ccc(C)cc1. The topological polar surface area (TPSA) is 96.0 Å². The van der Waals surface area contributed by atoms with Gasteiger partial charge in [0.05, 0.1) is 17.7 Å². The summed E-state index contributed by atoms with van der Waals surface area (Å²) in [6, 6.07) is 22.0. The Morgan fingerprint density at radius 2 is 1.58 bits per heavy atom. The van der Waals surface area contributed by atoms with Gasteiger partial charge >= 0.3 is 0 Å². The number of amides is 2. The zero-order valence-corrected chi connectivity index (χ0v) is 23.1. The number of hydrogen-bond acceptors (Lipinski definition) is 5. The van der Waals surface area contributed by atoms with Crippen LogP contribution in [0.5, 0.6) is 5.75 Å². The lowest BCUT2D eigenvalue weighted by molar-refractivity contribution is -0.139. The van der Waals surface area contributed by atoms with Crippen molar-refractivity contribution in [3.05, 3.63) is 90.0 Å². The number of anilines is 1. The van der Waals surface area contributed by atoms with Crippen LogP contribution >= 0.6 is 0 Å². The molecule has 1 N–H and O–H groups in total. The minimum Gasteiger partial charge on any atom is -0.495 e. The van der Waals surface area contributed by atoms with Crippen LogP contribution in [0.1, 0.15) is 24.5 Å². The second kappa shape index (κ2) is 13.1. The molecule has 202 valence electrons. The molecule has 3 aromatic rings. The fraction of sp³-hybridized carbons (Fsp3) is 0.310. The smallest absolute Gasteiger partial charge is 0.264 e. The van der Waals surface area contributed by atoms with Crippen molar-refractivity contribution in [2.75, 3.05) is 31.6 Å². The third kappa shape index (κ3) is 6.72. The van der Waals surface area contributed by atoms with Gasteiger partial charge in [-0.3, -0.25) is 13.9 Å². The number of para-hydroxylation sites is 2. The molecule has 8 nitrogen and oxygen atoms in total. The molecule has 0 radical (unpaired) electrons. The zero-order chi connectivity index (χ0) is 27.7. The van der Waals surface area contributed by atoms with Crippen LogP contribution in [0.15, 0.2) is 83.8 Å². The van der Waals surface area contributed by atoms with Gasteiger partial charge in [0.15, 0.2) is 0 Å². The van der Waals surface area contributed by atoms with E-state index >= 15 is 0 Å². The van der Waals surface area contributed by atoms with Crippen LogP contribution in [-0.2, 0) is 26.0 Å². The summed E-state index contributed by atoms with van der Waals surface area (Å²) < 4.78 is 34.3. The molecule has 0 heterocycles. The van der Waals surface area contributed by atoms with Crippen molar-refractivity contribution in [3.8, 4) is 5.75 Å². The van der Waals surface area contributed by atoms with E-state index in [-0.39, 0.29) is 23.0 Å². The first-order chi connectivity index (χ1) is 18.2. The van der Waals surface area contributed by atoms with Gasteiger partial charge in [-0.15, -0.1) is 0 Å². The molecule has 0 bridgehead atoms. The van der Waals surface area contributed by atoms with Gasteiger partial charge in [0.2, 0.25) is 11.8 Å². The highest BCUT2D eigenvalue weighted by atomic mass is 32.2. The molecule has 0 aliphatic heterocycles. The van der Waals surface area contributed by atoms with E-state index in [1.54, 1.807) is 36.4 Å². The van der Waals surface area contributed by atoms with E-state index < -0.39 is 28.5 Å². The number of hydrogen-bond donors (Lipinski definition) is 1. The maximum Gasteiger partial charge on any atom is 0.264 e. The van der Waals surface area contributed by atoms with Crippen LogP contribution < -0.4 is 14.4 Å². The molecule has 2 amide bonds. The third-order valence-electron chi connectivity index (χ3n) is 6.36. The first-order valence-electron chi connectivity index (χ1n) is 12.5. The zero-order valence-electron chi connectivity index (χ0n) is 22.3. The third-order valence-corrected chi connectivity index (χ3v) is 8.13. The molecular formula is C29H35N3O5S. The lowest BCUT2D eigenvalue weighted by Gasteiger charge is -2.33. The van der Waals surface area contributed by atoms with Crippen LogP contribution in [0, 0.1) is 6.92 Å². The van der Waals surface area contributed by atoms with Gasteiger partial charge in [-0.2, -0.15) is 0 Å². The Balaban J connectivity index is 2.04. The van der Waals surface area contributed by atoms with Gasteiger partial charge in [0.25, 0.3) is 10.0 Å². The highest BCUT2D eigenvalue weighted by Crippen LogP contribution is 2.32. The quantitative estimate of drug-likeness (QED) is 0.379. The van der Waals surface area contributed by atoms with Gasteiger partial charge in [-0.25, -0.2) is 8.42 Å². The molecule has 1 atom stereocenters. The predicted octanol–water partition coefficient (Wildman–Crippen LogP) is 3.79. The van der Waals surface area contributed by atoms with Gasteiger partial charge in [-0.05, 0) is 49.6 Å². The number of nitrogens with zero attached hydrogens (tertiary/aromatic N) is 2. The average Bonchev–Trinajstić information content (AvgIpc) is 2.94. The molecule has 9 heteroatoms. The van der Waals surface area contributed by atoms with Crippen LogP contribution in [0.3, 0.4) is 0 Å². The molecule has 0 aliphatic carbocycles. The fourth-order valence-corrected chi connectivity index (χ4v) is 5.67. The number of likely N-dealkylation sites (N-methyl/N-ethyl adjacent to an activating group) is 1. The van der Waals surface area contributed by atoms with Gasteiger partial charge < -0.3 is 15.0 Å². The molecule has 3 rings (SSSR count). The van der Waals surface area contributed by atoms with E-state index in [0.29, 0.717) is 18.6 Å². The number of carbonyl (C=O) groups excluding carboxylic acids is 2. The highest BCUT2D eigenvalue weighted by Gasteiger charge is 2.34. The molecule has 0 aromatic heterocycles. The predicted molar refractivity (Wildman–Crippen MR) is 149 cm³/mol. The monoisotopic (exact) mass is 537 g/mol. The maximum absolute atomic E-state index is 13.9. The minimum absolute atomic E-state index is 0.0518. The summed E-state index contributed by atoms with van der Waals surface area (Å²) in [6.07, 6.45) is 0.888. The van der Waals surface area contributed by atoms with E-state index in [1.165, 1.54) is 31.2 Å². The summed E-state index contributed by atoms with van der Waals surface area (Å²) in [5.41, 5.74) is 2.15. The van der Waals surface area contributed by atoms with Gasteiger partial charge in [0.1, 0.15) is 18.3 Å². The molecule has 3 aromatic carbocycles. The van der Waals surface area contributed by atoms with E-state index in [2.05, 4.69) is 5.32 Å². The molecule has 0 aliphatic rings. The van der Waals surface area contributed by atoms with Crippen molar-refractivity contribution in [1.82, 2.24) is 10.2 Å². The van der Waals surface area contributed by atoms with Crippen LogP contribution in [0.25, 0.3) is 0 Å². The summed E-state index contributed by atoms with van der Waals surface area (Å²) >= 11 is 0. The summed E-state index contributed by atoms with van der Waals surface area (Å²) in [6.45, 7) is 3.44. The summed E-state index contributed by atoms with van der Waals surface area (Å²) in [5, 5.41) is 2.63. The van der Waals surface area contributed by atoms with Crippen LogP contribution in [0.2, 0.25) is 0 Å². The number of aryl methyl sites for hydroxylation is 1. The first kappa shape index (κ1) is 28.7. The van der Waals surface area contributed by atoms with Crippen LogP contribution in [-0.4, -0.2) is 58.4 Å². The second-order valence-corrected chi connectivity index (χ2v) is 10.7. The highest BCUT2D eigenvalue weighted by molar-refractivity contribution is 7.92. The van der Waals surface area contributed by atoms with Gasteiger partial charge in [0, 0.05) is 13.6 Å². The molecule has 0 fully saturated rings. The summed E-state index contributed by atoms with van der Waals surface area (Å²) in [5.74, 6) is -0.484. The summed E-state index contributed by atoms with van der Waals surface area (Å²) in [4.78, 5) is 28.2. The minimum atomic E-state index is -4.15. The number of benzene rings is 3. The molecular weight excluding hydrogens is 502 g/mol. The number of ether oxygens (including phenoxy) is 1. The van der Waals surface area contributed by atoms with E-state index in [4.69, 9.17) is 4.74 Å². The van der Waals surface area contributed by atoms with Crippen molar-refractivity contribution in [3.63, 3.8) is 0 Å². The average molecular weight is 538 g/mol. The molecule has 38 heavy (non-hydrogen) atoms. The van der Waals surface area contributed by atoms with Crippen molar-refractivity contribution in [1.29, 1.82) is 0 Å². The van der Waals surface area contributed by atoms with E-state index in [0.717, 1.165) is 15.4 Å². The number of methoxy groups -OCH3 is 1. The molecule has 0 saturated carbocycles. The van der Waals surface area contributed by atoms with E-state index in [1.807, 2.05) is 44.2 Å². The summed E-state index contributed by atoms with van der Waals surface area (Å²) in [7, 11) is -1.18. The Hall–Kier alpha value is -3.85. The number of rotatable bonds is 12. The molecule has 0 unspecified atom stereocenters. The van der Waals surface area contributed by atoms with E-state index in [9.17, 15) is 18.0 Å². The first-order valence-corrected chi connectivity index (χ1v) is 13.9. The maximum atomic E-state index is 13.9. The van der Waals surface area contributed by atoms with Crippen LogP contribution in [0.4, 0.5) is 5.69 Å². The standard InChI is InChI=1S/C29H35N3O5S/c1-5-25(29(34)30-3)31(20-19-23-11-7-6-8-12-23)28(33)21-32(26-13-9-10-14-27(26)37-4)38(35,36)24-17-15-22(2)16-18-24/h6-18,25H,5,19-21H2,1-4H3,(H,30,34)/t25-/m0/s1. The fourth-order valence-electron chi connectivity index (χ4n) is 4.25. The number of sulfonamides is 1. The second-order valence-electron chi connectivity index (χ2n) is 8.86. The van der Waals surface area contributed by atoms with Crippen molar-refractivity contribution in [2.24, 2.45) is 0 Å². The number of nitrogens with one attached hydrogen (secondary N) is 1. The Morgan fingerprint density at radius 1 is 0.947 bits per heavy atom. The number of carbonyl (C=O) groups is 2. The van der Waals surface area contributed by atoms with Crippen molar-refractivity contribution < 1.29 is 22.7 Å². The largest absolute Gasteiger partial charge is 0.495 e. The Bertz CT molecular complexity index is 1330. The lowest BCUT2D eigenvalue weighted by Crippen LogP contribution is -2.52. The Labute approximate surface area is 225 Å². The Morgan fingerprint density at radius 3 is 2.18 bits per heavy atom. The Kier molecular flexibility index (Phi) is 9.90. The van der Waals surface area contributed by atoms with Crippen molar-refractivity contribution in [2.45, 2.75) is 37.6 Å². The molecule has 0 saturated heterocycles. The van der Waals surface area contributed by atoms with Crippen molar-refractivity contribution >= 4 is 27.5 Å². The normalized spacial score (nSPS) is 11.9. The van der Waals surface area contributed by atoms with Gasteiger partial charge in [-0.1, -0.05) is 67.1 Å². The lowest BCUT2D eigenvalue weighted by atomic mass is 10.1. The molecule has 0 spiro atoms.